The Bertz CT molecular complexity index is 273. The van der Waals surface area contributed by atoms with E-state index in [0.29, 0.717) is 11.6 Å². The third kappa shape index (κ3) is 3.52. The summed E-state index contributed by atoms with van der Waals surface area (Å²) in [4.78, 5) is 2.77. The van der Waals surface area contributed by atoms with Gasteiger partial charge in [-0.15, -0.1) is 0 Å². The van der Waals surface area contributed by atoms with Crippen LogP contribution in [-0.2, 0) is 0 Å². The van der Waals surface area contributed by atoms with Crippen LogP contribution in [-0.4, -0.2) is 29.6 Å². The molecule has 2 rings (SSSR count). The van der Waals surface area contributed by atoms with Gasteiger partial charge in [0.05, 0.1) is 0 Å². The van der Waals surface area contributed by atoms with Crippen LogP contribution >= 0.6 is 0 Å². The molecular formula is C17H34N2. The highest BCUT2D eigenvalue weighted by molar-refractivity contribution is 4.99. The molecular weight excluding hydrogens is 232 g/mol. The Labute approximate surface area is 120 Å². The quantitative estimate of drug-likeness (QED) is 0.795. The second-order valence-corrected chi connectivity index (χ2v) is 7.70. The van der Waals surface area contributed by atoms with Gasteiger partial charge in [0.2, 0.25) is 0 Å². The monoisotopic (exact) mass is 266 g/mol. The molecule has 0 amide bonds. The molecule has 0 radical (unpaired) electrons. The summed E-state index contributed by atoms with van der Waals surface area (Å²) in [5, 5.41) is 0. The summed E-state index contributed by atoms with van der Waals surface area (Å²) in [6.45, 7) is 11.6. The lowest BCUT2D eigenvalue weighted by atomic mass is 9.71. The highest BCUT2D eigenvalue weighted by Gasteiger charge is 2.42. The fourth-order valence-corrected chi connectivity index (χ4v) is 3.98. The van der Waals surface area contributed by atoms with E-state index in [0.717, 1.165) is 24.3 Å². The number of rotatable bonds is 6. The Morgan fingerprint density at radius 1 is 1.05 bits per heavy atom. The fourth-order valence-electron chi connectivity index (χ4n) is 3.98. The minimum Gasteiger partial charge on any atom is -0.329 e. The molecule has 2 fully saturated rings. The molecule has 0 unspecified atom stereocenters. The van der Waals surface area contributed by atoms with Crippen LogP contribution in [0.4, 0.5) is 0 Å². The van der Waals surface area contributed by atoms with Crippen molar-refractivity contribution >= 4 is 0 Å². The fraction of sp³-hybridized carbons (Fsp3) is 1.00. The van der Waals surface area contributed by atoms with Crippen molar-refractivity contribution in [2.45, 2.75) is 77.8 Å². The van der Waals surface area contributed by atoms with Gasteiger partial charge in [0.1, 0.15) is 0 Å². The molecule has 0 saturated heterocycles. The molecule has 0 aromatic rings. The number of hydrogen-bond acceptors (Lipinski definition) is 2. The summed E-state index contributed by atoms with van der Waals surface area (Å²) in [5.41, 5.74) is 6.56. The van der Waals surface area contributed by atoms with Crippen LogP contribution in [0, 0.1) is 17.8 Å². The first-order valence-electron chi connectivity index (χ1n) is 8.45. The molecule has 2 heteroatoms. The van der Waals surface area contributed by atoms with E-state index < -0.39 is 0 Å². The van der Waals surface area contributed by atoms with Crippen LogP contribution in [0.15, 0.2) is 0 Å². The third-order valence-corrected chi connectivity index (χ3v) is 5.67. The van der Waals surface area contributed by atoms with Gasteiger partial charge >= 0.3 is 0 Å². The highest BCUT2D eigenvalue weighted by atomic mass is 15.2. The standard InChI is InChI=1S/C17H34N2/c1-13(2)16-7-9-17(12-18,10-8-16)19(14(3)4)11-15-5-6-15/h13-16H,5-12,18H2,1-4H3. The van der Waals surface area contributed by atoms with Gasteiger partial charge in [0, 0.05) is 24.7 Å². The first-order chi connectivity index (χ1) is 8.98. The summed E-state index contributed by atoms with van der Waals surface area (Å²) in [5.74, 6) is 2.73. The zero-order chi connectivity index (χ0) is 14.0. The lowest BCUT2D eigenvalue weighted by molar-refractivity contribution is 0.00843. The summed E-state index contributed by atoms with van der Waals surface area (Å²) in [6, 6.07) is 0.639. The van der Waals surface area contributed by atoms with E-state index in [-0.39, 0.29) is 0 Å². The summed E-state index contributed by atoms with van der Waals surface area (Å²) >= 11 is 0. The van der Waals surface area contributed by atoms with Crippen LogP contribution in [0.5, 0.6) is 0 Å². The molecule has 0 aromatic heterocycles. The average molecular weight is 266 g/mol. The van der Waals surface area contributed by atoms with Crippen molar-refractivity contribution in [2.24, 2.45) is 23.5 Å². The first-order valence-corrected chi connectivity index (χ1v) is 8.45. The molecule has 112 valence electrons. The highest BCUT2D eigenvalue weighted by Crippen LogP contribution is 2.42. The third-order valence-electron chi connectivity index (χ3n) is 5.67. The zero-order valence-corrected chi connectivity index (χ0v) is 13.5. The molecule has 2 aliphatic carbocycles. The average Bonchev–Trinajstić information content (AvgIpc) is 3.19. The van der Waals surface area contributed by atoms with E-state index in [1.807, 2.05) is 0 Å². The van der Waals surface area contributed by atoms with Crippen molar-refractivity contribution in [2.75, 3.05) is 13.1 Å². The summed E-state index contributed by atoms with van der Waals surface area (Å²) in [7, 11) is 0. The van der Waals surface area contributed by atoms with E-state index in [2.05, 4.69) is 32.6 Å². The zero-order valence-electron chi connectivity index (χ0n) is 13.5. The van der Waals surface area contributed by atoms with Gasteiger partial charge in [0.25, 0.3) is 0 Å². The molecule has 0 bridgehead atoms. The molecule has 2 aliphatic rings. The van der Waals surface area contributed by atoms with Gasteiger partial charge in [-0.25, -0.2) is 0 Å². The van der Waals surface area contributed by atoms with Crippen LogP contribution < -0.4 is 5.73 Å². The molecule has 19 heavy (non-hydrogen) atoms. The van der Waals surface area contributed by atoms with E-state index in [9.17, 15) is 0 Å². The number of hydrogen-bond donors (Lipinski definition) is 1. The van der Waals surface area contributed by atoms with Crippen molar-refractivity contribution < 1.29 is 0 Å². The second kappa shape index (κ2) is 6.13. The molecule has 0 atom stereocenters. The molecule has 0 aliphatic heterocycles. The molecule has 2 saturated carbocycles. The van der Waals surface area contributed by atoms with Gasteiger partial charge in [-0.3, -0.25) is 4.90 Å². The predicted octanol–water partition coefficient (Wildman–Crippen LogP) is 3.65. The maximum Gasteiger partial charge on any atom is 0.0334 e. The van der Waals surface area contributed by atoms with Gasteiger partial charge in [-0.05, 0) is 70.1 Å². The van der Waals surface area contributed by atoms with Crippen molar-refractivity contribution in [3.05, 3.63) is 0 Å². The maximum absolute atomic E-state index is 6.25. The van der Waals surface area contributed by atoms with E-state index in [4.69, 9.17) is 5.73 Å². The Morgan fingerprint density at radius 3 is 2.00 bits per heavy atom. The van der Waals surface area contributed by atoms with Crippen molar-refractivity contribution in [3.8, 4) is 0 Å². The van der Waals surface area contributed by atoms with Crippen molar-refractivity contribution in [1.29, 1.82) is 0 Å². The lowest BCUT2D eigenvalue weighted by Crippen LogP contribution is -2.58. The number of nitrogens with two attached hydrogens (primary N) is 1. The van der Waals surface area contributed by atoms with E-state index in [1.54, 1.807) is 0 Å². The van der Waals surface area contributed by atoms with Crippen LogP contribution in [0.3, 0.4) is 0 Å². The minimum atomic E-state index is 0.308. The van der Waals surface area contributed by atoms with Crippen LogP contribution in [0.2, 0.25) is 0 Å². The second-order valence-electron chi connectivity index (χ2n) is 7.70. The molecule has 0 spiro atoms. The normalized spacial score (nSPS) is 32.5. The minimum absolute atomic E-state index is 0.308. The Balaban J connectivity index is 2.03. The van der Waals surface area contributed by atoms with Crippen LogP contribution in [0.25, 0.3) is 0 Å². The van der Waals surface area contributed by atoms with Gasteiger partial charge in [0.15, 0.2) is 0 Å². The molecule has 0 aromatic carbocycles. The van der Waals surface area contributed by atoms with Crippen molar-refractivity contribution in [1.82, 2.24) is 4.90 Å². The molecule has 2 nitrogen and oxygen atoms in total. The van der Waals surface area contributed by atoms with Crippen LogP contribution in [0.1, 0.15) is 66.2 Å². The Morgan fingerprint density at radius 2 is 1.63 bits per heavy atom. The predicted molar refractivity (Wildman–Crippen MR) is 83.1 cm³/mol. The Hall–Kier alpha value is -0.0800. The Kier molecular flexibility index (Phi) is 4.94. The topological polar surface area (TPSA) is 29.3 Å². The first kappa shape index (κ1) is 15.3. The SMILES string of the molecule is CC(C)C1CCC(CN)(N(CC2CC2)C(C)C)CC1. The van der Waals surface area contributed by atoms with Gasteiger partial charge in [-0.2, -0.15) is 0 Å². The van der Waals surface area contributed by atoms with Gasteiger partial charge in [-0.1, -0.05) is 13.8 Å². The van der Waals surface area contributed by atoms with Gasteiger partial charge < -0.3 is 5.73 Å². The lowest BCUT2D eigenvalue weighted by Gasteiger charge is -2.50. The number of nitrogens with zero attached hydrogens (tertiary/aromatic N) is 1. The molecule has 0 heterocycles. The van der Waals surface area contributed by atoms with E-state index in [1.165, 1.54) is 45.1 Å². The maximum atomic E-state index is 6.25. The van der Waals surface area contributed by atoms with E-state index >= 15 is 0 Å². The largest absolute Gasteiger partial charge is 0.329 e. The molecule has 2 N–H and O–H groups in total. The summed E-state index contributed by atoms with van der Waals surface area (Å²) in [6.07, 6.45) is 8.27. The summed E-state index contributed by atoms with van der Waals surface area (Å²) < 4.78 is 0. The van der Waals surface area contributed by atoms with Crippen molar-refractivity contribution in [3.63, 3.8) is 0 Å². The smallest absolute Gasteiger partial charge is 0.0334 e.